The first kappa shape index (κ1) is 13.5. The molecule has 20 heavy (non-hydrogen) atoms. The van der Waals surface area contributed by atoms with Crippen LogP contribution in [-0.2, 0) is 9.84 Å². The summed E-state index contributed by atoms with van der Waals surface area (Å²) in [5.41, 5.74) is 1.65. The van der Waals surface area contributed by atoms with Crippen molar-refractivity contribution in [2.75, 3.05) is 11.5 Å². The topological polar surface area (TPSA) is 64.8 Å². The number of rotatable bonds is 2. The predicted octanol–water partition coefficient (Wildman–Crippen LogP) is 2.30. The number of pyridine rings is 1. The van der Waals surface area contributed by atoms with Crippen LogP contribution in [0.5, 0.6) is 0 Å². The van der Waals surface area contributed by atoms with Gasteiger partial charge in [0.1, 0.15) is 11.3 Å². The molecule has 2 aromatic heterocycles. The molecule has 1 aliphatic heterocycles. The molecule has 3 heterocycles. The fourth-order valence-corrected chi connectivity index (χ4v) is 4.59. The number of hydrogen-bond acceptors (Lipinski definition) is 4. The highest BCUT2D eigenvalue weighted by atomic mass is 32.2. The molecule has 108 valence electrons. The van der Waals surface area contributed by atoms with E-state index in [4.69, 9.17) is 0 Å². The van der Waals surface area contributed by atoms with Crippen molar-refractivity contribution in [1.82, 2.24) is 14.5 Å². The Kier molecular flexibility index (Phi) is 3.28. The number of nitrogens with zero attached hydrogens (tertiary/aromatic N) is 3. The molecule has 3 rings (SSSR count). The van der Waals surface area contributed by atoms with Gasteiger partial charge in [-0.15, -0.1) is 0 Å². The maximum atomic E-state index is 11.9. The largest absolute Gasteiger partial charge is 0.308 e. The van der Waals surface area contributed by atoms with E-state index in [0.717, 1.165) is 29.8 Å². The van der Waals surface area contributed by atoms with E-state index in [1.165, 1.54) is 0 Å². The van der Waals surface area contributed by atoms with Crippen LogP contribution in [0.1, 0.15) is 44.5 Å². The first-order chi connectivity index (χ1) is 9.48. The van der Waals surface area contributed by atoms with Crippen LogP contribution in [0.15, 0.2) is 18.3 Å². The van der Waals surface area contributed by atoms with Crippen molar-refractivity contribution in [2.24, 2.45) is 0 Å². The Morgan fingerprint density at radius 3 is 2.90 bits per heavy atom. The molecule has 0 bridgehead atoms. The van der Waals surface area contributed by atoms with E-state index in [1.54, 1.807) is 6.20 Å². The average molecular weight is 293 g/mol. The molecule has 1 fully saturated rings. The quantitative estimate of drug-likeness (QED) is 0.852. The van der Waals surface area contributed by atoms with Crippen LogP contribution in [0.3, 0.4) is 0 Å². The van der Waals surface area contributed by atoms with Crippen molar-refractivity contribution in [2.45, 2.75) is 38.6 Å². The van der Waals surface area contributed by atoms with Crippen LogP contribution in [0.2, 0.25) is 0 Å². The molecule has 0 aromatic carbocycles. The minimum Gasteiger partial charge on any atom is -0.308 e. The molecule has 1 atom stereocenters. The first-order valence-electron chi connectivity index (χ1n) is 7.01. The van der Waals surface area contributed by atoms with Gasteiger partial charge < -0.3 is 4.57 Å². The molecule has 0 amide bonds. The molecule has 1 aliphatic rings. The second-order valence-electron chi connectivity index (χ2n) is 5.75. The smallest absolute Gasteiger partial charge is 0.160 e. The summed E-state index contributed by atoms with van der Waals surface area (Å²) in [6.45, 7) is 4.16. The van der Waals surface area contributed by atoms with E-state index >= 15 is 0 Å². The van der Waals surface area contributed by atoms with Gasteiger partial charge in [-0.3, -0.25) is 0 Å². The Labute approximate surface area is 119 Å². The summed E-state index contributed by atoms with van der Waals surface area (Å²) in [6.07, 6.45) is 3.33. The van der Waals surface area contributed by atoms with Gasteiger partial charge in [0.2, 0.25) is 0 Å². The van der Waals surface area contributed by atoms with Gasteiger partial charge in [0.25, 0.3) is 0 Å². The molecule has 1 saturated heterocycles. The molecule has 5 nitrogen and oxygen atoms in total. The fraction of sp³-hybridized carbons (Fsp3) is 0.571. The van der Waals surface area contributed by atoms with E-state index in [1.807, 2.05) is 12.1 Å². The third-order valence-corrected chi connectivity index (χ3v) is 5.60. The summed E-state index contributed by atoms with van der Waals surface area (Å²) in [5.74, 6) is 1.68. The molecule has 1 unspecified atom stereocenters. The molecular formula is C14H19N3O2S. The summed E-state index contributed by atoms with van der Waals surface area (Å²) in [6, 6.07) is 3.76. The summed E-state index contributed by atoms with van der Waals surface area (Å²) in [5, 5.41) is 0. The lowest BCUT2D eigenvalue weighted by Gasteiger charge is -2.26. The third kappa shape index (κ3) is 2.32. The van der Waals surface area contributed by atoms with Gasteiger partial charge in [-0.05, 0) is 25.0 Å². The zero-order valence-corrected chi connectivity index (χ0v) is 12.6. The summed E-state index contributed by atoms with van der Waals surface area (Å²) >= 11 is 0. The lowest BCUT2D eigenvalue weighted by Crippen LogP contribution is -2.28. The highest BCUT2D eigenvalue weighted by Crippen LogP contribution is 2.30. The number of fused-ring (bicyclic) bond motifs is 1. The van der Waals surface area contributed by atoms with Gasteiger partial charge in [0.15, 0.2) is 15.5 Å². The van der Waals surface area contributed by atoms with E-state index in [2.05, 4.69) is 28.4 Å². The van der Waals surface area contributed by atoms with E-state index in [0.29, 0.717) is 5.75 Å². The Bertz CT molecular complexity index is 734. The minimum absolute atomic E-state index is 0.0361. The van der Waals surface area contributed by atoms with Crippen molar-refractivity contribution in [3.8, 4) is 0 Å². The van der Waals surface area contributed by atoms with E-state index < -0.39 is 9.84 Å². The van der Waals surface area contributed by atoms with Crippen molar-refractivity contribution in [1.29, 1.82) is 0 Å². The molecule has 6 heteroatoms. The molecule has 0 spiro atoms. The fourth-order valence-electron chi connectivity index (χ4n) is 2.92. The Morgan fingerprint density at radius 1 is 1.40 bits per heavy atom. The third-order valence-electron chi connectivity index (χ3n) is 3.80. The lowest BCUT2D eigenvalue weighted by molar-refractivity contribution is 0.458. The van der Waals surface area contributed by atoms with Crippen LogP contribution < -0.4 is 0 Å². The summed E-state index contributed by atoms with van der Waals surface area (Å²) < 4.78 is 25.9. The average Bonchev–Trinajstić information content (AvgIpc) is 2.77. The summed E-state index contributed by atoms with van der Waals surface area (Å²) in [7, 11) is -2.95. The van der Waals surface area contributed by atoms with Gasteiger partial charge in [0, 0.05) is 12.1 Å². The zero-order valence-electron chi connectivity index (χ0n) is 11.8. The van der Waals surface area contributed by atoms with Gasteiger partial charge in [-0.1, -0.05) is 13.8 Å². The molecule has 0 N–H and O–H groups in total. The van der Waals surface area contributed by atoms with Crippen LogP contribution in [0.4, 0.5) is 0 Å². The molecule has 2 aromatic rings. The van der Waals surface area contributed by atoms with Gasteiger partial charge in [-0.2, -0.15) is 0 Å². The van der Waals surface area contributed by atoms with Crippen LogP contribution in [0, 0.1) is 0 Å². The molecule has 0 aliphatic carbocycles. The number of hydrogen-bond donors (Lipinski definition) is 0. The minimum atomic E-state index is -2.95. The second-order valence-corrected chi connectivity index (χ2v) is 7.98. The molecule has 0 radical (unpaired) electrons. The first-order valence-corrected chi connectivity index (χ1v) is 8.83. The second kappa shape index (κ2) is 4.84. The van der Waals surface area contributed by atoms with E-state index in [9.17, 15) is 8.42 Å². The predicted molar refractivity (Wildman–Crippen MR) is 78.5 cm³/mol. The highest BCUT2D eigenvalue weighted by molar-refractivity contribution is 7.91. The Morgan fingerprint density at radius 2 is 2.20 bits per heavy atom. The number of imidazole rings is 1. The van der Waals surface area contributed by atoms with Gasteiger partial charge in [0.05, 0.1) is 17.5 Å². The Hall–Kier alpha value is -1.43. The number of sulfone groups is 1. The van der Waals surface area contributed by atoms with Crippen LogP contribution in [-0.4, -0.2) is 34.5 Å². The van der Waals surface area contributed by atoms with Gasteiger partial charge >= 0.3 is 0 Å². The Balaban J connectivity index is 2.16. The SMILES string of the molecule is CC(C)c1nc2cccnc2n1C1CCCS(=O)(=O)C1. The van der Waals surface area contributed by atoms with Crippen LogP contribution in [0.25, 0.3) is 11.2 Å². The molecule has 0 saturated carbocycles. The lowest BCUT2D eigenvalue weighted by atomic mass is 10.1. The summed E-state index contributed by atoms with van der Waals surface area (Å²) in [4.78, 5) is 9.05. The highest BCUT2D eigenvalue weighted by Gasteiger charge is 2.29. The van der Waals surface area contributed by atoms with Gasteiger partial charge in [-0.25, -0.2) is 18.4 Å². The normalized spacial score (nSPS) is 22.4. The van der Waals surface area contributed by atoms with Crippen LogP contribution >= 0.6 is 0 Å². The zero-order chi connectivity index (χ0) is 14.3. The van der Waals surface area contributed by atoms with E-state index in [-0.39, 0.29) is 17.7 Å². The number of aromatic nitrogens is 3. The van der Waals surface area contributed by atoms with Crippen molar-refractivity contribution < 1.29 is 8.42 Å². The molecular weight excluding hydrogens is 274 g/mol. The van der Waals surface area contributed by atoms with Crippen molar-refractivity contribution >= 4 is 21.0 Å². The van der Waals surface area contributed by atoms with Crippen molar-refractivity contribution in [3.05, 3.63) is 24.2 Å². The maximum absolute atomic E-state index is 11.9. The standard InChI is InChI=1S/C14H19N3O2S/c1-10(2)13-16-12-6-3-7-15-14(12)17(13)11-5-4-8-20(18,19)9-11/h3,6-7,10-11H,4-5,8-9H2,1-2H3. The van der Waals surface area contributed by atoms with Crippen molar-refractivity contribution in [3.63, 3.8) is 0 Å². The monoisotopic (exact) mass is 293 g/mol. The maximum Gasteiger partial charge on any atom is 0.160 e.